The zero-order valence-electron chi connectivity index (χ0n) is 18.4. The van der Waals surface area contributed by atoms with Gasteiger partial charge < -0.3 is 15.4 Å². The van der Waals surface area contributed by atoms with Gasteiger partial charge >= 0.3 is 0 Å². The van der Waals surface area contributed by atoms with E-state index >= 15 is 0 Å². The van der Waals surface area contributed by atoms with Gasteiger partial charge in [0.25, 0.3) is 0 Å². The fraction of sp³-hybridized carbons (Fsp3) is 0.560. The Morgan fingerprint density at radius 3 is 2.68 bits per heavy atom. The molecule has 31 heavy (non-hydrogen) atoms. The molecule has 0 amide bonds. The number of nitrogens with one attached hydrogen (secondary N) is 2. The summed E-state index contributed by atoms with van der Waals surface area (Å²) >= 11 is 0. The molecule has 0 radical (unpaired) electrons. The molecule has 162 valence electrons. The number of nitriles is 1. The Bertz CT molecular complexity index is 984. The van der Waals surface area contributed by atoms with Crippen molar-refractivity contribution in [3.05, 3.63) is 41.6 Å². The summed E-state index contributed by atoms with van der Waals surface area (Å²) < 4.78 is 5.42. The highest BCUT2D eigenvalue weighted by Crippen LogP contribution is 2.62. The third-order valence-corrected chi connectivity index (χ3v) is 8.04. The van der Waals surface area contributed by atoms with Crippen molar-refractivity contribution in [3.63, 3.8) is 0 Å². The highest BCUT2D eigenvalue weighted by molar-refractivity contribution is 5.53. The normalized spacial score (nSPS) is 30.6. The van der Waals surface area contributed by atoms with Crippen LogP contribution < -0.4 is 15.4 Å². The average Bonchev–Trinajstić information content (AvgIpc) is 2.79. The van der Waals surface area contributed by atoms with Crippen LogP contribution in [-0.4, -0.2) is 23.6 Å². The van der Waals surface area contributed by atoms with Crippen molar-refractivity contribution in [2.24, 2.45) is 29.1 Å². The van der Waals surface area contributed by atoms with Crippen LogP contribution in [0.1, 0.15) is 50.2 Å². The van der Waals surface area contributed by atoms with Gasteiger partial charge in [-0.15, -0.1) is 0 Å². The summed E-state index contributed by atoms with van der Waals surface area (Å²) in [5.41, 5.74) is 1.90. The predicted octanol–water partition coefficient (Wildman–Crippen LogP) is 4.84. The number of rotatable bonds is 7. The maximum Gasteiger partial charge on any atom is 0.224 e. The lowest BCUT2D eigenvalue weighted by Gasteiger charge is -2.59. The summed E-state index contributed by atoms with van der Waals surface area (Å²) in [4.78, 5) is 8.99. The number of aromatic nitrogens is 2. The second-order valence-electron chi connectivity index (χ2n) is 9.92. The Labute approximate surface area is 184 Å². The molecular formula is C25H31N5O. The van der Waals surface area contributed by atoms with Crippen molar-refractivity contribution >= 4 is 11.8 Å². The molecule has 6 rings (SSSR count). The smallest absolute Gasteiger partial charge is 0.224 e. The molecule has 0 saturated heterocycles. The molecule has 1 heterocycles. The summed E-state index contributed by atoms with van der Waals surface area (Å²) in [5, 5.41) is 16.4. The molecule has 4 bridgehead atoms. The molecule has 2 aromatic rings. The van der Waals surface area contributed by atoms with Gasteiger partial charge in [-0.05, 0) is 67.3 Å². The highest BCUT2D eigenvalue weighted by atomic mass is 16.5. The van der Waals surface area contributed by atoms with E-state index in [2.05, 4.69) is 33.6 Å². The predicted molar refractivity (Wildman–Crippen MR) is 121 cm³/mol. The lowest BCUT2D eigenvalue weighted by molar-refractivity contribution is -0.0822. The van der Waals surface area contributed by atoms with Gasteiger partial charge in [-0.2, -0.15) is 10.2 Å². The van der Waals surface area contributed by atoms with Crippen molar-refractivity contribution < 1.29 is 4.74 Å². The first-order valence-corrected chi connectivity index (χ1v) is 11.5. The number of ether oxygens (including phenoxy) is 1. The van der Waals surface area contributed by atoms with Crippen LogP contribution in [0.15, 0.2) is 30.5 Å². The largest absolute Gasteiger partial charge is 0.496 e. The van der Waals surface area contributed by atoms with Crippen LogP contribution >= 0.6 is 0 Å². The van der Waals surface area contributed by atoms with E-state index in [0.717, 1.165) is 41.5 Å². The standard InChI is InChI=1S/C25H31N5O/c1-16-19-7-17-8-20(16)11-25(9-17,10-19)15-29-23-21(12-26)14-28-24(30-23)27-13-18-5-3-4-6-22(18)31-2/h3-6,14,16-17,19-20H,7-11,13,15H2,1-2H3,(H2,27,28,29,30)/t16?,17?,19-,20+,25?. The lowest BCUT2D eigenvalue weighted by atomic mass is 9.46. The van der Waals surface area contributed by atoms with Gasteiger partial charge in [-0.25, -0.2) is 4.98 Å². The van der Waals surface area contributed by atoms with Crippen molar-refractivity contribution in [2.75, 3.05) is 24.3 Å². The molecule has 6 nitrogen and oxygen atoms in total. The number of hydrogen-bond donors (Lipinski definition) is 2. The molecule has 2 N–H and O–H groups in total. The van der Waals surface area contributed by atoms with Gasteiger partial charge in [0.2, 0.25) is 5.95 Å². The van der Waals surface area contributed by atoms with E-state index in [1.807, 2.05) is 24.3 Å². The molecule has 4 saturated carbocycles. The van der Waals surface area contributed by atoms with Crippen molar-refractivity contribution in [2.45, 2.75) is 45.6 Å². The van der Waals surface area contributed by atoms with Gasteiger partial charge in [0, 0.05) is 18.7 Å². The van der Waals surface area contributed by atoms with Gasteiger partial charge in [0.1, 0.15) is 23.2 Å². The van der Waals surface area contributed by atoms with Crippen LogP contribution in [0.5, 0.6) is 5.75 Å². The first-order valence-electron chi connectivity index (χ1n) is 11.5. The van der Waals surface area contributed by atoms with E-state index < -0.39 is 0 Å². The SMILES string of the molecule is COc1ccccc1CNc1ncc(C#N)c(NCC23CC4C[C@H](C2)C(C)[C@@H](C4)C3)n1. The maximum atomic E-state index is 9.57. The fourth-order valence-corrected chi connectivity index (χ4v) is 6.64. The molecule has 3 unspecified atom stereocenters. The monoisotopic (exact) mass is 417 g/mol. The minimum atomic E-state index is 0.367. The van der Waals surface area contributed by atoms with Crippen LogP contribution in [0.3, 0.4) is 0 Å². The van der Waals surface area contributed by atoms with Crippen molar-refractivity contribution in [1.29, 1.82) is 5.26 Å². The number of benzene rings is 1. The first-order chi connectivity index (χ1) is 15.1. The summed E-state index contributed by atoms with van der Waals surface area (Å²) in [6, 6.07) is 10.1. The summed E-state index contributed by atoms with van der Waals surface area (Å²) in [5.74, 6) is 5.53. The zero-order valence-corrected chi connectivity index (χ0v) is 18.4. The molecule has 1 aromatic heterocycles. The van der Waals surface area contributed by atoms with Crippen LogP contribution in [0, 0.1) is 40.4 Å². The molecule has 0 spiro atoms. The quantitative estimate of drug-likeness (QED) is 0.670. The van der Waals surface area contributed by atoms with Gasteiger partial charge in [-0.3, -0.25) is 0 Å². The third-order valence-electron chi connectivity index (χ3n) is 8.04. The lowest BCUT2D eigenvalue weighted by Crippen LogP contribution is -2.52. The Kier molecular flexibility index (Phi) is 5.21. The number of methoxy groups -OCH3 is 1. The molecule has 5 atom stereocenters. The summed E-state index contributed by atoms with van der Waals surface area (Å²) in [6.45, 7) is 3.93. The number of hydrogen-bond acceptors (Lipinski definition) is 6. The highest BCUT2D eigenvalue weighted by Gasteiger charge is 2.53. The van der Waals surface area contributed by atoms with Gasteiger partial charge in [0.05, 0.1) is 13.3 Å². The van der Waals surface area contributed by atoms with Crippen LogP contribution in [0.25, 0.3) is 0 Å². The minimum Gasteiger partial charge on any atom is -0.496 e. The van der Waals surface area contributed by atoms with Crippen LogP contribution in [-0.2, 0) is 6.54 Å². The molecule has 6 heteroatoms. The average molecular weight is 418 g/mol. The number of para-hydroxylation sites is 1. The second-order valence-corrected chi connectivity index (χ2v) is 9.92. The summed E-state index contributed by atoms with van der Waals surface area (Å²) in [7, 11) is 1.67. The molecule has 1 aromatic carbocycles. The minimum absolute atomic E-state index is 0.367. The zero-order chi connectivity index (χ0) is 21.4. The van der Waals surface area contributed by atoms with Gasteiger partial charge in [0.15, 0.2) is 0 Å². The van der Waals surface area contributed by atoms with Crippen molar-refractivity contribution in [3.8, 4) is 11.8 Å². The maximum absolute atomic E-state index is 9.57. The van der Waals surface area contributed by atoms with Crippen LogP contribution in [0.4, 0.5) is 11.8 Å². The van der Waals surface area contributed by atoms with E-state index in [-0.39, 0.29) is 0 Å². The fourth-order valence-electron chi connectivity index (χ4n) is 6.64. The van der Waals surface area contributed by atoms with Gasteiger partial charge in [-0.1, -0.05) is 25.1 Å². The second kappa shape index (κ2) is 8.03. The summed E-state index contributed by atoms with van der Waals surface area (Å²) in [6.07, 6.45) is 8.42. The Balaban J connectivity index is 1.29. The molecule has 4 fully saturated rings. The number of nitrogens with zero attached hydrogens (tertiary/aromatic N) is 3. The topological polar surface area (TPSA) is 82.9 Å². The van der Waals surface area contributed by atoms with E-state index in [0.29, 0.717) is 29.3 Å². The molecule has 4 aliphatic carbocycles. The van der Waals surface area contributed by atoms with Crippen LogP contribution in [0.2, 0.25) is 0 Å². The molecule has 4 aliphatic rings. The third kappa shape index (κ3) is 3.82. The van der Waals surface area contributed by atoms with E-state index in [4.69, 9.17) is 4.74 Å². The first kappa shape index (κ1) is 20.1. The Morgan fingerprint density at radius 2 is 1.94 bits per heavy atom. The molecular weight excluding hydrogens is 386 g/mol. The van der Waals surface area contributed by atoms with Crippen molar-refractivity contribution in [1.82, 2.24) is 9.97 Å². The number of anilines is 2. The van der Waals surface area contributed by atoms with E-state index in [1.54, 1.807) is 13.3 Å². The molecule has 0 aliphatic heterocycles. The Morgan fingerprint density at radius 1 is 1.16 bits per heavy atom. The Hall–Kier alpha value is -2.81. The van der Waals surface area contributed by atoms with E-state index in [9.17, 15) is 5.26 Å². The van der Waals surface area contributed by atoms with E-state index in [1.165, 1.54) is 32.1 Å².